The fourth-order valence-corrected chi connectivity index (χ4v) is 2.89. The molecule has 0 radical (unpaired) electrons. The molecule has 0 spiro atoms. The molecular formula is C14H15N3O3. The normalized spacial score (nSPS) is 18.4. The van der Waals surface area contributed by atoms with Crippen molar-refractivity contribution in [3.63, 3.8) is 0 Å². The van der Waals surface area contributed by atoms with Crippen LogP contribution in [0.3, 0.4) is 0 Å². The van der Waals surface area contributed by atoms with Crippen molar-refractivity contribution in [1.29, 1.82) is 0 Å². The van der Waals surface area contributed by atoms with Crippen LogP contribution in [0.25, 0.3) is 11.0 Å². The molecule has 6 nitrogen and oxygen atoms in total. The third-order valence-corrected chi connectivity index (χ3v) is 3.96. The van der Waals surface area contributed by atoms with E-state index in [1.54, 1.807) is 7.05 Å². The summed E-state index contributed by atoms with van der Waals surface area (Å²) in [5.41, 5.74) is 0.805. The first kappa shape index (κ1) is 12.8. The van der Waals surface area contributed by atoms with Gasteiger partial charge >= 0.3 is 5.69 Å². The number of aryl methyl sites for hydroxylation is 1. The van der Waals surface area contributed by atoms with E-state index < -0.39 is 5.69 Å². The van der Waals surface area contributed by atoms with Crippen molar-refractivity contribution >= 4 is 16.8 Å². The van der Waals surface area contributed by atoms with Crippen molar-refractivity contribution in [3.05, 3.63) is 38.2 Å². The molecule has 1 atom stereocenters. The zero-order chi connectivity index (χ0) is 14.6. The van der Waals surface area contributed by atoms with Gasteiger partial charge in [-0.2, -0.15) is 0 Å². The molecule has 0 bridgehead atoms. The molecule has 20 heavy (non-hydrogen) atoms. The van der Waals surface area contributed by atoms with E-state index in [0.717, 1.165) is 10.1 Å². The lowest BCUT2D eigenvalue weighted by atomic mass is 9.84. The summed E-state index contributed by atoms with van der Waals surface area (Å²) in [6, 6.07) is 0. The zero-order valence-corrected chi connectivity index (χ0v) is 11.6. The summed E-state index contributed by atoms with van der Waals surface area (Å²) in [6.45, 7) is 1.99. The molecule has 1 aliphatic rings. The molecule has 1 unspecified atom stereocenters. The zero-order valence-electron chi connectivity index (χ0n) is 11.6. The van der Waals surface area contributed by atoms with Gasteiger partial charge < -0.3 is 0 Å². The van der Waals surface area contributed by atoms with Gasteiger partial charge in [-0.3, -0.25) is 18.7 Å². The first-order valence-electron chi connectivity index (χ1n) is 6.52. The molecule has 0 aromatic carbocycles. The van der Waals surface area contributed by atoms with Gasteiger partial charge in [0.2, 0.25) is 0 Å². The van der Waals surface area contributed by atoms with Crippen LogP contribution in [0.4, 0.5) is 0 Å². The highest BCUT2D eigenvalue weighted by Gasteiger charge is 2.27. The number of ketones is 1. The quantitative estimate of drug-likeness (QED) is 0.696. The van der Waals surface area contributed by atoms with Crippen molar-refractivity contribution < 1.29 is 4.79 Å². The third-order valence-electron chi connectivity index (χ3n) is 3.96. The van der Waals surface area contributed by atoms with E-state index in [0.29, 0.717) is 29.4 Å². The summed E-state index contributed by atoms with van der Waals surface area (Å²) in [5.74, 6) is 0.214. The van der Waals surface area contributed by atoms with Crippen molar-refractivity contribution in [1.82, 2.24) is 14.1 Å². The van der Waals surface area contributed by atoms with Gasteiger partial charge in [0, 0.05) is 32.3 Å². The van der Waals surface area contributed by atoms with E-state index in [1.807, 2.05) is 6.92 Å². The van der Waals surface area contributed by atoms with Crippen LogP contribution in [0.15, 0.2) is 15.8 Å². The molecule has 6 heteroatoms. The minimum absolute atomic E-state index is 0.0176. The second-order valence-corrected chi connectivity index (χ2v) is 5.49. The third kappa shape index (κ3) is 1.57. The van der Waals surface area contributed by atoms with Crippen molar-refractivity contribution in [3.8, 4) is 0 Å². The Morgan fingerprint density at radius 2 is 1.85 bits per heavy atom. The van der Waals surface area contributed by atoms with E-state index in [2.05, 4.69) is 4.98 Å². The van der Waals surface area contributed by atoms with E-state index in [9.17, 15) is 14.4 Å². The molecule has 0 saturated carbocycles. The fraction of sp³-hybridized carbons (Fsp3) is 0.429. The average molecular weight is 273 g/mol. The van der Waals surface area contributed by atoms with Crippen LogP contribution in [0, 0.1) is 5.92 Å². The summed E-state index contributed by atoms with van der Waals surface area (Å²) in [7, 11) is 3.02. The van der Waals surface area contributed by atoms with Gasteiger partial charge in [-0.05, 0) is 17.9 Å². The van der Waals surface area contributed by atoms with Gasteiger partial charge in [0.15, 0.2) is 5.78 Å². The smallest absolute Gasteiger partial charge is 0.294 e. The van der Waals surface area contributed by atoms with Crippen molar-refractivity contribution in [2.24, 2.45) is 20.0 Å². The molecular weight excluding hydrogens is 258 g/mol. The summed E-state index contributed by atoms with van der Waals surface area (Å²) < 4.78 is 2.41. The van der Waals surface area contributed by atoms with E-state index >= 15 is 0 Å². The molecule has 2 aromatic heterocycles. The summed E-state index contributed by atoms with van der Waals surface area (Å²) in [5, 5.41) is 0.395. The lowest BCUT2D eigenvalue weighted by Gasteiger charge is -2.21. The van der Waals surface area contributed by atoms with Gasteiger partial charge in [-0.1, -0.05) is 6.92 Å². The predicted octanol–water partition coefficient (Wildman–Crippen LogP) is 0.397. The van der Waals surface area contributed by atoms with Crippen LogP contribution >= 0.6 is 0 Å². The van der Waals surface area contributed by atoms with Crippen LogP contribution in [-0.4, -0.2) is 19.9 Å². The number of carbonyl (C=O) groups excluding carboxylic acids is 1. The Balaban J connectivity index is 2.54. The van der Waals surface area contributed by atoms with Crippen LogP contribution in [-0.2, 0) is 20.5 Å². The number of hydrogen-bond donors (Lipinski definition) is 0. The number of nitrogens with zero attached hydrogens (tertiary/aromatic N) is 3. The molecule has 0 saturated heterocycles. The van der Waals surface area contributed by atoms with Gasteiger partial charge in [0.25, 0.3) is 5.56 Å². The number of Topliss-reactive ketones (excluding diaryl/α,β-unsaturated/α-hetero) is 1. The monoisotopic (exact) mass is 273 g/mol. The van der Waals surface area contributed by atoms with Gasteiger partial charge in [0.1, 0.15) is 5.65 Å². The van der Waals surface area contributed by atoms with Gasteiger partial charge in [-0.25, -0.2) is 9.78 Å². The Kier molecular flexibility index (Phi) is 2.64. The van der Waals surface area contributed by atoms with E-state index in [1.165, 1.54) is 17.8 Å². The van der Waals surface area contributed by atoms with Crippen molar-refractivity contribution in [2.75, 3.05) is 0 Å². The number of pyridine rings is 1. The first-order chi connectivity index (χ1) is 9.41. The Labute approximate surface area is 114 Å². The minimum Gasteiger partial charge on any atom is -0.294 e. The molecule has 0 aliphatic heterocycles. The minimum atomic E-state index is -0.412. The molecule has 0 amide bonds. The number of carbonyl (C=O) groups is 1. The molecule has 2 aromatic rings. The number of fused-ring (bicyclic) bond motifs is 3. The fourth-order valence-electron chi connectivity index (χ4n) is 2.89. The summed E-state index contributed by atoms with van der Waals surface area (Å²) in [6.07, 6.45) is 2.63. The molecule has 104 valence electrons. The molecule has 3 rings (SSSR count). The van der Waals surface area contributed by atoms with E-state index in [-0.39, 0.29) is 17.3 Å². The Bertz CT molecular complexity index is 861. The van der Waals surface area contributed by atoms with Gasteiger partial charge in [-0.15, -0.1) is 0 Å². The van der Waals surface area contributed by atoms with Crippen LogP contribution in [0.2, 0.25) is 0 Å². The maximum Gasteiger partial charge on any atom is 0.332 e. The second kappa shape index (κ2) is 4.13. The molecule has 0 N–H and O–H groups in total. The molecule has 0 fully saturated rings. The number of aromatic nitrogens is 3. The maximum absolute atomic E-state index is 12.4. The lowest BCUT2D eigenvalue weighted by Crippen LogP contribution is -2.38. The highest BCUT2D eigenvalue weighted by atomic mass is 16.2. The molecule has 1 aliphatic carbocycles. The Morgan fingerprint density at radius 3 is 2.55 bits per heavy atom. The first-order valence-corrected chi connectivity index (χ1v) is 6.52. The molecule has 2 heterocycles. The van der Waals surface area contributed by atoms with Gasteiger partial charge in [0.05, 0.1) is 5.39 Å². The topological polar surface area (TPSA) is 74.0 Å². The Hall–Kier alpha value is -2.24. The SMILES string of the molecule is CC1CC(=O)c2cnc3c(c2C1)c(=O)n(C)c(=O)n3C. The van der Waals surface area contributed by atoms with Crippen LogP contribution < -0.4 is 11.2 Å². The summed E-state index contributed by atoms with van der Waals surface area (Å²) >= 11 is 0. The van der Waals surface area contributed by atoms with Crippen LogP contribution in [0.1, 0.15) is 29.3 Å². The van der Waals surface area contributed by atoms with Crippen molar-refractivity contribution in [2.45, 2.75) is 19.8 Å². The largest absolute Gasteiger partial charge is 0.332 e. The average Bonchev–Trinajstić information content (AvgIpc) is 2.41. The summed E-state index contributed by atoms with van der Waals surface area (Å²) in [4.78, 5) is 40.5. The number of hydrogen-bond acceptors (Lipinski definition) is 4. The number of rotatable bonds is 0. The second-order valence-electron chi connectivity index (χ2n) is 5.49. The van der Waals surface area contributed by atoms with Crippen LogP contribution in [0.5, 0.6) is 0 Å². The highest BCUT2D eigenvalue weighted by Crippen LogP contribution is 2.28. The predicted molar refractivity (Wildman–Crippen MR) is 74.0 cm³/mol. The maximum atomic E-state index is 12.4. The van der Waals surface area contributed by atoms with E-state index in [4.69, 9.17) is 0 Å². The standard InChI is InChI=1S/C14H15N3O3/c1-7-4-8-9(10(18)5-7)6-15-12-11(8)13(19)17(3)14(20)16(12)2/h6-7H,4-5H2,1-3H3. The lowest BCUT2D eigenvalue weighted by molar-refractivity contribution is 0.0953. The highest BCUT2D eigenvalue weighted by molar-refractivity contribution is 6.02. The Morgan fingerprint density at radius 1 is 1.15 bits per heavy atom.